The number of fused-ring (bicyclic) bond motifs is 2. The molecule has 3 fully saturated rings. The van der Waals surface area contributed by atoms with E-state index in [1.54, 1.807) is 0 Å². The van der Waals surface area contributed by atoms with Gasteiger partial charge in [0.15, 0.2) is 0 Å². The number of likely N-dealkylation sites (tertiary alicyclic amines) is 1. The summed E-state index contributed by atoms with van der Waals surface area (Å²) in [6, 6.07) is 22.7. The molecule has 0 saturated carbocycles. The molecular formula is C31H36N7Se. The van der Waals surface area contributed by atoms with Gasteiger partial charge in [0.1, 0.15) is 0 Å². The van der Waals surface area contributed by atoms with Crippen LogP contribution in [0.3, 0.4) is 0 Å². The second kappa shape index (κ2) is 9.49. The SMILES string of the molecule is CCN1CCC2(CC1)C1(C#N)CN(c3ccc(C)cc3)CC2(C#N)C2=NCN(c3ccc(C)cc3)CN2C1=[SeH]. The maximum atomic E-state index is 11.3. The average molecular weight is 586 g/mol. The van der Waals surface area contributed by atoms with Crippen LogP contribution in [0.15, 0.2) is 53.5 Å². The summed E-state index contributed by atoms with van der Waals surface area (Å²) >= 11 is 2.76. The van der Waals surface area contributed by atoms with Crippen LogP contribution in [0.4, 0.5) is 11.4 Å². The van der Waals surface area contributed by atoms with Gasteiger partial charge in [-0.15, -0.1) is 0 Å². The van der Waals surface area contributed by atoms with Crippen molar-refractivity contribution >= 4 is 37.3 Å². The Bertz CT molecular complexity index is 1390. The van der Waals surface area contributed by atoms with Crippen LogP contribution in [0.1, 0.15) is 30.9 Å². The molecule has 2 aromatic carbocycles. The molecule has 2 bridgehead atoms. The molecule has 2 atom stereocenters. The number of rotatable bonds is 3. The Balaban J connectivity index is 1.51. The minimum atomic E-state index is -0.894. The Morgan fingerprint density at radius 2 is 1.38 bits per heavy atom. The monoisotopic (exact) mass is 586 g/mol. The van der Waals surface area contributed by atoms with Gasteiger partial charge in [-0.3, -0.25) is 0 Å². The summed E-state index contributed by atoms with van der Waals surface area (Å²) in [6.45, 7) is 11.4. The first-order valence-corrected chi connectivity index (χ1v) is 14.8. The number of hydrogen-bond acceptors (Lipinski definition) is 7. The van der Waals surface area contributed by atoms with Crippen molar-refractivity contribution in [2.24, 2.45) is 21.2 Å². The standard InChI is InChI=1S/C31H36N7Se/c1-4-35-15-13-31(14-16-35)29(17-32)19-36(25-9-5-23(2)6-10-25)20-30(31,18-33)28(39)38-22-37(21-34-27(29)38)26-11-7-24(3)8-12-26/h5-12,39H,4,13-16,19-22H2,1-3H3. The predicted octanol–water partition coefficient (Wildman–Crippen LogP) is 3.43. The molecule has 0 aliphatic carbocycles. The third-order valence-electron chi connectivity index (χ3n) is 9.80. The van der Waals surface area contributed by atoms with Gasteiger partial charge < -0.3 is 0 Å². The molecule has 1 radical (unpaired) electrons. The van der Waals surface area contributed by atoms with E-state index in [2.05, 4.69) is 117 Å². The Morgan fingerprint density at radius 1 is 0.846 bits per heavy atom. The fourth-order valence-electron chi connectivity index (χ4n) is 7.49. The van der Waals surface area contributed by atoms with Crippen LogP contribution in [0.2, 0.25) is 0 Å². The number of nitrogens with zero attached hydrogens (tertiary/aromatic N) is 7. The van der Waals surface area contributed by atoms with E-state index in [1.165, 1.54) is 11.1 Å². The van der Waals surface area contributed by atoms with Crippen LogP contribution in [0, 0.1) is 52.8 Å². The van der Waals surface area contributed by atoms with Gasteiger partial charge >= 0.3 is 240 Å². The topological polar surface area (TPSA) is 72.9 Å². The van der Waals surface area contributed by atoms with Gasteiger partial charge in [-0.1, -0.05) is 0 Å². The first-order valence-electron chi connectivity index (χ1n) is 13.9. The predicted molar refractivity (Wildman–Crippen MR) is 158 cm³/mol. The van der Waals surface area contributed by atoms with Crippen molar-refractivity contribution in [1.82, 2.24) is 9.80 Å². The Hall–Kier alpha value is -3.16. The number of hydrogen-bond donors (Lipinski definition) is 0. The summed E-state index contributed by atoms with van der Waals surface area (Å²) in [6.07, 6.45) is 1.64. The molecule has 4 aliphatic rings. The molecule has 7 nitrogen and oxygen atoms in total. The molecule has 0 amide bonds. The first-order chi connectivity index (χ1) is 18.8. The van der Waals surface area contributed by atoms with Crippen LogP contribution in [-0.4, -0.2) is 81.8 Å². The number of piperidine rings is 3. The molecule has 0 aromatic heterocycles. The summed E-state index contributed by atoms with van der Waals surface area (Å²) in [5, 5.41) is 22.5. The molecule has 8 heteroatoms. The van der Waals surface area contributed by atoms with Gasteiger partial charge in [0, 0.05) is 0 Å². The molecule has 6 rings (SSSR count). The quantitative estimate of drug-likeness (QED) is 0.515. The van der Waals surface area contributed by atoms with Crippen molar-refractivity contribution in [3.05, 3.63) is 59.7 Å². The number of amidine groups is 1. The van der Waals surface area contributed by atoms with Crippen molar-refractivity contribution < 1.29 is 0 Å². The molecule has 1 spiro atoms. The van der Waals surface area contributed by atoms with E-state index >= 15 is 0 Å². The van der Waals surface area contributed by atoms with E-state index in [9.17, 15) is 10.5 Å². The summed E-state index contributed by atoms with van der Waals surface area (Å²) in [5.41, 5.74) is 2.35. The zero-order valence-electron chi connectivity index (χ0n) is 23.1. The maximum absolute atomic E-state index is 11.3. The number of benzene rings is 2. The van der Waals surface area contributed by atoms with Gasteiger partial charge in [-0.05, 0) is 0 Å². The van der Waals surface area contributed by atoms with E-state index < -0.39 is 16.2 Å². The van der Waals surface area contributed by atoms with Crippen LogP contribution < -0.4 is 9.80 Å². The van der Waals surface area contributed by atoms with Gasteiger partial charge in [-0.2, -0.15) is 0 Å². The Morgan fingerprint density at radius 3 is 1.92 bits per heavy atom. The molecular weight excluding hydrogens is 549 g/mol. The van der Waals surface area contributed by atoms with Gasteiger partial charge in [0.05, 0.1) is 0 Å². The van der Waals surface area contributed by atoms with Crippen molar-refractivity contribution in [3.8, 4) is 12.1 Å². The summed E-state index contributed by atoms with van der Waals surface area (Å²) < 4.78 is 0.973. The van der Waals surface area contributed by atoms with Gasteiger partial charge in [-0.25, -0.2) is 0 Å². The number of aryl methyl sites for hydroxylation is 2. The molecule has 201 valence electrons. The van der Waals surface area contributed by atoms with Crippen LogP contribution in [-0.2, 0) is 0 Å². The summed E-state index contributed by atoms with van der Waals surface area (Å²) in [7, 11) is 0. The first kappa shape index (κ1) is 26.1. The second-order valence-electron chi connectivity index (χ2n) is 11.6. The molecule has 3 saturated heterocycles. The van der Waals surface area contributed by atoms with E-state index in [-0.39, 0.29) is 0 Å². The van der Waals surface area contributed by atoms with Crippen molar-refractivity contribution in [2.75, 3.05) is 55.9 Å². The molecule has 0 N–H and O–H groups in total. The Kier molecular flexibility index (Phi) is 6.35. The zero-order valence-corrected chi connectivity index (χ0v) is 24.9. The fourth-order valence-corrected chi connectivity index (χ4v) is 8.53. The van der Waals surface area contributed by atoms with E-state index in [0.29, 0.717) is 26.4 Å². The third-order valence-corrected chi connectivity index (χ3v) is 11.1. The third kappa shape index (κ3) is 3.62. The van der Waals surface area contributed by atoms with Crippen LogP contribution >= 0.6 is 0 Å². The summed E-state index contributed by atoms with van der Waals surface area (Å²) in [4.78, 5) is 14.4. The molecule has 2 unspecified atom stereocenters. The Labute approximate surface area is 239 Å². The molecule has 39 heavy (non-hydrogen) atoms. The van der Waals surface area contributed by atoms with Gasteiger partial charge in [0.25, 0.3) is 0 Å². The number of nitriles is 2. The molecule has 2 aromatic rings. The van der Waals surface area contributed by atoms with E-state index in [1.807, 2.05) is 0 Å². The summed E-state index contributed by atoms with van der Waals surface area (Å²) in [5.74, 6) is 0.844. The van der Waals surface area contributed by atoms with Crippen LogP contribution in [0.5, 0.6) is 0 Å². The van der Waals surface area contributed by atoms with Crippen molar-refractivity contribution in [1.29, 1.82) is 10.5 Å². The van der Waals surface area contributed by atoms with Crippen molar-refractivity contribution in [2.45, 2.75) is 33.6 Å². The average Bonchev–Trinajstić information content (AvgIpc) is 2.97. The normalized spacial score (nSPS) is 28.0. The van der Waals surface area contributed by atoms with E-state index in [0.717, 1.165) is 54.2 Å². The molecule has 4 heterocycles. The zero-order chi connectivity index (χ0) is 27.4. The number of aliphatic imine (C=N–C) groups is 1. The molecule has 4 aliphatic heterocycles. The van der Waals surface area contributed by atoms with Gasteiger partial charge in [0.2, 0.25) is 0 Å². The second-order valence-corrected chi connectivity index (χ2v) is 12.5. The number of anilines is 2. The van der Waals surface area contributed by atoms with Crippen molar-refractivity contribution in [3.63, 3.8) is 0 Å². The van der Waals surface area contributed by atoms with Crippen LogP contribution in [0.25, 0.3) is 0 Å². The fraction of sp³-hybridized carbons (Fsp3) is 0.484. The van der Waals surface area contributed by atoms with E-state index in [4.69, 9.17) is 4.99 Å². The minimum absolute atomic E-state index is 0.500.